The normalized spacial score (nSPS) is 13.3. The molecule has 1 N–H and O–H groups in total. The fourth-order valence-electron chi connectivity index (χ4n) is 2.46. The minimum Gasteiger partial charge on any atom is -0.493 e. The molecule has 2 aromatic rings. The van der Waals surface area contributed by atoms with Crippen molar-refractivity contribution in [2.75, 3.05) is 6.61 Å². The van der Waals surface area contributed by atoms with Crippen LogP contribution in [-0.2, 0) is 11.2 Å². The number of nitrogens with zero attached hydrogens (tertiary/aromatic N) is 2. The van der Waals surface area contributed by atoms with E-state index in [2.05, 4.69) is 10.2 Å². The number of hydrogen-bond acceptors (Lipinski definition) is 5. The molecule has 1 aromatic heterocycles. The van der Waals surface area contributed by atoms with Gasteiger partial charge in [0, 0.05) is 23.6 Å². The second-order valence-corrected chi connectivity index (χ2v) is 6.06. The van der Waals surface area contributed by atoms with Gasteiger partial charge in [0.25, 0.3) is 0 Å². The van der Waals surface area contributed by atoms with Gasteiger partial charge < -0.3 is 14.6 Å². The van der Waals surface area contributed by atoms with Crippen LogP contribution < -0.4 is 9.47 Å². The number of aromatic nitrogens is 2. The number of fused-ring (bicyclic) bond motifs is 1. The van der Waals surface area contributed by atoms with Crippen molar-refractivity contribution >= 4 is 5.97 Å². The minimum absolute atomic E-state index is 0.463. The van der Waals surface area contributed by atoms with Gasteiger partial charge in [0.05, 0.1) is 18.5 Å². The number of carboxylic acids is 1. The summed E-state index contributed by atoms with van der Waals surface area (Å²) in [7, 11) is 0. The molecule has 3 rings (SSSR count). The zero-order chi connectivity index (χ0) is 16.6. The Bertz CT molecular complexity index is 771. The molecular formula is C17H18N2O4. The van der Waals surface area contributed by atoms with Crippen LogP contribution in [0.5, 0.6) is 11.5 Å². The van der Waals surface area contributed by atoms with E-state index in [0.29, 0.717) is 12.4 Å². The Morgan fingerprint density at radius 3 is 2.83 bits per heavy atom. The van der Waals surface area contributed by atoms with Crippen LogP contribution in [0.4, 0.5) is 0 Å². The molecule has 1 aliphatic heterocycles. The summed E-state index contributed by atoms with van der Waals surface area (Å²) >= 11 is 0. The van der Waals surface area contributed by atoms with Crippen LogP contribution in [-0.4, -0.2) is 33.5 Å². The van der Waals surface area contributed by atoms with Gasteiger partial charge in [-0.2, -0.15) is 10.2 Å². The number of aryl methyl sites for hydroxylation is 1. The standard InChI is InChI=1S/C17H18N2O4/c1-10-6-12(9-18-19-10)13-7-11-4-5-22-14(11)8-15(13)23-17(2,3)16(20)21/h6-9H,4-5H2,1-3H3,(H,20,21). The molecule has 0 spiro atoms. The van der Waals surface area contributed by atoms with Crippen LogP contribution in [0, 0.1) is 6.92 Å². The maximum absolute atomic E-state index is 11.4. The summed E-state index contributed by atoms with van der Waals surface area (Å²) in [6.07, 6.45) is 2.47. The number of carbonyl (C=O) groups is 1. The van der Waals surface area contributed by atoms with Crippen molar-refractivity contribution in [3.8, 4) is 22.6 Å². The fraction of sp³-hybridized carbons (Fsp3) is 0.353. The van der Waals surface area contributed by atoms with E-state index < -0.39 is 11.6 Å². The van der Waals surface area contributed by atoms with Crippen molar-refractivity contribution in [3.05, 3.63) is 35.7 Å². The van der Waals surface area contributed by atoms with Crippen molar-refractivity contribution in [2.45, 2.75) is 32.8 Å². The zero-order valence-corrected chi connectivity index (χ0v) is 13.3. The predicted molar refractivity (Wildman–Crippen MR) is 83.7 cm³/mol. The molecule has 0 fully saturated rings. The molecule has 1 aromatic carbocycles. The number of ether oxygens (including phenoxy) is 2. The summed E-state index contributed by atoms with van der Waals surface area (Å²) in [5, 5.41) is 17.3. The number of rotatable bonds is 4. The van der Waals surface area contributed by atoms with E-state index in [4.69, 9.17) is 9.47 Å². The predicted octanol–water partition coefficient (Wildman–Crippen LogP) is 2.63. The maximum atomic E-state index is 11.4. The van der Waals surface area contributed by atoms with Gasteiger partial charge in [-0.1, -0.05) is 0 Å². The van der Waals surface area contributed by atoms with Crippen molar-refractivity contribution in [2.24, 2.45) is 0 Å². The minimum atomic E-state index is -1.35. The van der Waals surface area contributed by atoms with E-state index in [9.17, 15) is 9.90 Å². The Morgan fingerprint density at radius 2 is 2.13 bits per heavy atom. The first-order chi connectivity index (χ1) is 10.9. The molecule has 0 saturated heterocycles. The molecule has 1 aliphatic rings. The highest BCUT2D eigenvalue weighted by molar-refractivity contribution is 5.78. The average Bonchev–Trinajstić information content (AvgIpc) is 2.93. The lowest BCUT2D eigenvalue weighted by Crippen LogP contribution is -2.38. The molecule has 0 unspecified atom stereocenters. The van der Waals surface area contributed by atoms with Gasteiger partial charge in [-0.3, -0.25) is 0 Å². The van der Waals surface area contributed by atoms with Gasteiger partial charge in [0.15, 0.2) is 5.60 Å². The highest BCUT2D eigenvalue weighted by atomic mass is 16.5. The molecule has 0 bridgehead atoms. The summed E-state index contributed by atoms with van der Waals surface area (Å²) in [5.74, 6) is 0.169. The van der Waals surface area contributed by atoms with Gasteiger partial charge in [-0.15, -0.1) is 0 Å². The average molecular weight is 314 g/mol. The molecule has 0 saturated carbocycles. The molecule has 0 aliphatic carbocycles. The summed E-state index contributed by atoms with van der Waals surface area (Å²) in [6, 6.07) is 5.63. The molecule has 0 amide bonds. The Balaban J connectivity index is 2.12. The first-order valence-electron chi connectivity index (χ1n) is 7.38. The molecule has 120 valence electrons. The van der Waals surface area contributed by atoms with E-state index in [1.54, 1.807) is 12.3 Å². The summed E-state index contributed by atoms with van der Waals surface area (Å²) < 4.78 is 11.4. The van der Waals surface area contributed by atoms with E-state index in [1.807, 2.05) is 19.1 Å². The lowest BCUT2D eigenvalue weighted by molar-refractivity contribution is -0.152. The Morgan fingerprint density at radius 1 is 1.35 bits per heavy atom. The molecule has 0 atom stereocenters. The fourth-order valence-corrected chi connectivity index (χ4v) is 2.46. The largest absolute Gasteiger partial charge is 0.493 e. The van der Waals surface area contributed by atoms with E-state index in [-0.39, 0.29) is 0 Å². The Labute approximate surface area is 134 Å². The third-order valence-electron chi connectivity index (χ3n) is 3.76. The second-order valence-electron chi connectivity index (χ2n) is 6.06. The first kappa shape index (κ1) is 15.3. The van der Waals surface area contributed by atoms with Gasteiger partial charge in [0.1, 0.15) is 11.5 Å². The lowest BCUT2D eigenvalue weighted by atomic mass is 10.0. The van der Waals surface area contributed by atoms with Crippen molar-refractivity contribution in [1.29, 1.82) is 0 Å². The molecule has 2 heterocycles. The van der Waals surface area contributed by atoms with Crippen LogP contribution in [0.1, 0.15) is 25.1 Å². The number of hydrogen-bond donors (Lipinski definition) is 1. The Kier molecular flexibility index (Phi) is 3.67. The zero-order valence-electron chi connectivity index (χ0n) is 13.3. The van der Waals surface area contributed by atoms with Crippen LogP contribution in [0.2, 0.25) is 0 Å². The highest BCUT2D eigenvalue weighted by Gasteiger charge is 2.31. The second kappa shape index (κ2) is 5.53. The summed E-state index contributed by atoms with van der Waals surface area (Å²) in [6.45, 7) is 5.51. The van der Waals surface area contributed by atoms with Gasteiger partial charge in [-0.05, 0) is 38.5 Å². The van der Waals surface area contributed by atoms with E-state index >= 15 is 0 Å². The van der Waals surface area contributed by atoms with E-state index in [1.165, 1.54) is 13.8 Å². The van der Waals surface area contributed by atoms with Crippen LogP contribution >= 0.6 is 0 Å². The number of carboxylic acid groups (broad SMARTS) is 1. The van der Waals surface area contributed by atoms with E-state index in [0.717, 1.165) is 34.6 Å². The summed E-state index contributed by atoms with van der Waals surface area (Å²) in [5.41, 5.74) is 2.14. The van der Waals surface area contributed by atoms with Gasteiger partial charge in [-0.25, -0.2) is 4.79 Å². The molecule has 6 heteroatoms. The third kappa shape index (κ3) is 2.97. The molecule has 23 heavy (non-hydrogen) atoms. The van der Waals surface area contributed by atoms with Gasteiger partial charge in [0.2, 0.25) is 0 Å². The third-order valence-corrected chi connectivity index (χ3v) is 3.76. The van der Waals surface area contributed by atoms with Crippen LogP contribution in [0.3, 0.4) is 0 Å². The van der Waals surface area contributed by atoms with Crippen LogP contribution in [0.25, 0.3) is 11.1 Å². The topological polar surface area (TPSA) is 81.5 Å². The Hall–Kier alpha value is -2.63. The SMILES string of the molecule is Cc1cc(-c2cc3c(cc2OC(C)(C)C(=O)O)OCC3)cnn1. The molecule has 0 radical (unpaired) electrons. The smallest absolute Gasteiger partial charge is 0.347 e. The van der Waals surface area contributed by atoms with Crippen molar-refractivity contribution < 1.29 is 19.4 Å². The molecular weight excluding hydrogens is 296 g/mol. The highest BCUT2D eigenvalue weighted by Crippen LogP contribution is 2.40. The van der Waals surface area contributed by atoms with Crippen molar-refractivity contribution in [3.63, 3.8) is 0 Å². The summed E-state index contributed by atoms with van der Waals surface area (Å²) in [4.78, 5) is 11.4. The molecule has 6 nitrogen and oxygen atoms in total. The quantitative estimate of drug-likeness (QED) is 0.934. The van der Waals surface area contributed by atoms with Crippen molar-refractivity contribution in [1.82, 2.24) is 10.2 Å². The van der Waals surface area contributed by atoms with Gasteiger partial charge >= 0.3 is 5.97 Å². The number of aliphatic carboxylic acids is 1. The van der Waals surface area contributed by atoms with Crippen LogP contribution in [0.15, 0.2) is 24.4 Å². The number of benzene rings is 1. The lowest BCUT2D eigenvalue weighted by Gasteiger charge is -2.24. The monoisotopic (exact) mass is 314 g/mol. The maximum Gasteiger partial charge on any atom is 0.347 e. The first-order valence-corrected chi connectivity index (χ1v) is 7.38.